The number of nitrogens with two attached hydrogens (primary N) is 1. The van der Waals surface area contributed by atoms with E-state index in [1.165, 1.54) is 5.56 Å². The fraction of sp³-hybridized carbons (Fsp3) is 0.455. The van der Waals surface area contributed by atoms with Gasteiger partial charge in [-0.3, -0.25) is 11.3 Å². The molecule has 1 aromatic carbocycles. The first kappa shape index (κ1) is 11.0. The normalized spacial score (nSPS) is 10.6. The van der Waals surface area contributed by atoms with Crippen molar-refractivity contribution in [2.45, 2.75) is 26.3 Å². The maximum absolute atomic E-state index is 5.30. The minimum absolute atomic E-state index is 0.525. The maximum atomic E-state index is 5.30. The number of hydrogen-bond donors (Lipinski definition) is 2. The van der Waals surface area contributed by atoms with Gasteiger partial charge in [-0.1, -0.05) is 26.0 Å². The van der Waals surface area contributed by atoms with Crippen molar-refractivity contribution < 1.29 is 4.74 Å². The summed E-state index contributed by atoms with van der Waals surface area (Å²) in [7, 11) is 1.67. The van der Waals surface area contributed by atoms with Gasteiger partial charge in [-0.25, -0.2) is 0 Å². The Morgan fingerprint density at radius 3 is 2.64 bits per heavy atom. The summed E-state index contributed by atoms with van der Waals surface area (Å²) in [6.07, 6.45) is 0. The fourth-order valence-corrected chi connectivity index (χ4v) is 1.41. The molecular weight excluding hydrogens is 176 g/mol. The van der Waals surface area contributed by atoms with Gasteiger partial charge >= 0.3 is 0 Å². The van der Waals surface area contributed by atoms with Gasteiger partial charge in [0.2, 0.25) is 0 Å². The van der Waals surface area contributed by atoms with Crippen molar-refractivity contribution in [3.8, 4) is 5.75 Å². The van der Waals surface area contributed by atoms with Crippen molar-refractivity contribution in [3.05, 3.63) is 29.3 Å². The first-order chi connectivity index (χ1) is 6.69. The molecule has 0 atom stereocenters. The summed E-state index contributed by atoms with van der Waals surface area (Å²) in [5.41, 5.74) is 5.05. The average molecular weight is 194 g/mol. The molecule has 3 N–H and O–H groups in total. The highest BCUT2D eigenvalue weighted by atomic mass is 16.5. The highest BCUT2D eigenvalue weighted by molar-refractivity contribution is 5.38. The van der Waals surface area contributed by atoms with Crippen molar-refractivity contribution in [1.82, 2.24) is 5.43 Å². The number of hydrazine groups is 1. The predicted molar refractivity (Wildman–Crippen MR) is 58.1 cm³/mol. The Balaban J connectivity index is 3.01. The number of hydrogen-bond acceptors (Lipinski definition) is 3. The standard InChI is InChI=1S/C11H18N2O/c1-8(2)9-4-5-11(14-3)10(6-9)7-13-12/h4-6,8,13H,7,12H2,1-3H3. The Morgan fingerprint density at radius 1 is 1.43 bits per heavy atom. The van der Waals surface area contributed by atoms with Crippen LogP contribution in [0.5, 0.6) is 5.75 Å². The zero-order valence-corrected chi connectivity index (χ0v) is 9.00. The van der Waals surface area contributed by atoms with E-state index in [0.29, 0.717) is 12.5 Å². The lowest BCUT2D eigenvalue weighted by Gasteiger charge is -2.12. The number of nitrogens with one attached hydrogen (secondary N) is 1. The zero-order valence-electron chi connectivity index (χ0n) is 9.00. The van der Waals surface area contributed by atoms with E-state index < -0.39 is 0 Å². The van der Waals surface area contributed by atoms with E-state index >= 15 is 0 Å². The Hall–Kier alpha value is -1.06. The highest BCUT2D eigenvalue weighted by Crippen LogP contribution is 2.23. The molecule has 0 spiro atoms. The van der Waals surface area contributed by atoms with Gasteiger partial charge in [-0.05, 0) is 17.5 Å². The first-order valence-electron chi connectivity index (χ1n) is 4.79. The van der Waals surface area contributed by atoms with E-state index in [4.69, 9.17) is 10.6 Å². The molecule has 14 heavy (non-hydrogen) atoms. The topological polar surface area (TPSA) is 47.3 Å². The molecule has 0 saturated carbocycles. The summed E-state index contributed by atoms with van der Waals surface area (Å²) in [5, 5.41) is 0. The molecule has 1 rings (SSSR count). The smallest absolute Gasteiger partial charge is 0.123 e. The lowest BCUT2D eigenvalue weighted by atomic mass is 10.0. The van der Waals surface area contributed by atoms with Crippen molar-refractivity contribution in [2.24, 2.45) is 5.84 Å². The summed E-state index contributed by atoms with van der Waals surface area (Å²) >= 11 is 0. The maximum Gasteiger partial charge on any atom is 0.123 e. The van der Waals surface area contributed by atoms with Crippen LogP contribution in [0, 0.1) is 0 Å². The van der Waals surface area contributed by atoms with Crippen molar-refractivity contribution >= 4 is 0 Å². The van der Waals surface area contributed by atoms with E-state index in [-0.39, 0.29) is 0 Å². The monoisotopic (exact) mass is 194 g/mol. The van der Waals surface area contributed by atoms with Gasteiger partial charge < -0.3 is 4.74 Å². The molecule has 0 saturated heterocycles. The number of rotatable bonds is 4. The van der Waals surface area contributed by atoms with Gasteiger partial charge in [0.15, 0.2) is 0 Å². The molecule has 0 heterocycles. The van der Waals surface area contributed by atoms with E-state index in [9.17, 15) is 0 Å². The van der Waals surface area contributed by atoms with Crippen LogP contribution < -0.4 is 16.0 Å². The number of ether oxygens (including phenoxy) is 1. The van der Waals surface area contributed by atoms with Crippen LogP contribution in [0.4, 0.5) is 0 Å². The average Bonchev–Trinajstić information content (AvgIpc) is 2.18. The van der Waals surface area contributed by atoms with Gasteiger partial charge in [0.25, 0.3) is 0 Å². The molecule has 0 amide bonds. The molecule has 0 bridgehead atoms. The summed E-state index contributed by atoms with van der Waals surface area (Å²) in [6, 6.07) is 6.20. The molecule has 78 valence electrons. The molecule has 0 radical (unpaired) electrons. The molecular formula is C11H18N2O. The fourth-order valence-electron chi connectivity index (χ4n) is 1.41. The van der Waals surface area contributed by atoms with Crippen LogP contribution >= 0.6 is 0 Å². The minimum atomic E-state index is 0.525. The predicted octanol–water partition coefficient (Wildman–Crippen LogP) is 1.78. The molecule has 3 heteroatoms. The van der Waals surface area contributed by atoms with E-state index in [1.54, 1.807) is 7.11 Å². The molecule has 0 aliphatic rings. The SMILES string of the molecule is COc1ccc(C(C)C)cc1CNN. The largest absolute Gasteiger partial charge is 0.496 e. The minimum Gasteiger partial charge on any atom is -0.496 e. The highest BCUT2D eigenvalue weighted by Gasteiger charge is 2.05. The summed E-state index contributed by atoms with van der Waals surface area (Å²) < 4.78 is 5.24. The lowest BCUT2D eigenvalue weighted by molar-refractivity contribution is 0.407. The van der Waals surface area contributed by atoms with Crippen LogP contribution in [0.3, 0.4) is 0 Å². The molecule has 0 fully saturated rings. The van der Waals surface area contributed by atoms with Gasteiger partial charge in [-0.15, -0.1) is 0 Å². The quantitative estimate of drug-likeness (QED) is 0.567. The summed E-state index contributed by atoms with van der Waals surface area (Å²) in [6.45, 7) is 4.96. The second kappa shape index (κ2) is 4.98. The van der Waals surface area contributed by atoms with E-state index in [0.717, 1.165) is 11.3 Å². The molecule has 0 aliphatic carbocycles. The van der Waals surface area contributed by atoms with Crippen molar-refractivity contribution in [2.75, 3.05) is 7.11 Å². The third-order valence-electron chi connectivity index (χ3n) is 2.26. The Bertz CT molecular complexity index is 297. The van der Waals surface area contributed by atoms with E-state index in [2.05, 4.69) is 31.4 Å². The number of methoxy groups -OCH3 is 1. The van der Waals surface area contributed by atoms with Gasteiger partial charge in [0, 0.05) is 12.1 Å². The van der Waals surface area contributed by atoms with Crippen molar-refractivity contribution in [1.29, 1.82) is 0 Å². The van der Waals surface area contributed by atoms with Gasteiger partial charge in [0.05, 0.1) is 7.11 Å². The van der Waals surface area contributed by atoms with Crippen LogP contribution in [0.1, 0.15) is 30.9 Å². The van der Waals surface area contributed by atoms with Gasteiger partial charge in [-0.2, -0.15) is 0 Å². The molecule has 0 unspecified atom stereocenters. The first-order valence-corrected chi connectivity index (χ1v) is 4.79. The Morgan fingerprint density at radius 2 is 2.14 bits per heavy atom. The molecule has 0 aliphatic heterocycles. The van der Waals surface area contributed by atoms with E-state index in [1.807, 2.05) is 6.07 Å². The van der Waals surface area contributed by atoms with Crippen LogP contribution in [0.15, 0.2) is 18.2 Å². The Labute approximate surface area is 85.2 Å². The summed E-state index contributed by atoms with van der Waals surface area (Å²) in [4.78, 5) is 0. The molecule has 3 nitrogen and oxygen atoms in total. The third kappa shape index (κ3) is 2.47. The summed E-state index contributed by atoms with van der Waals surface area (Å²) in [5.74, 6) is 6.71. The second-order valence-corrected chi connectivity index (χ2v) is 3.61. The molecule has 1 aromatic rings. The van der Waals surface area contributed by atoms with Crippen LogP contribution in [0.25, 0.3) is 0 Å². The zero-order chi connectivity index (χ0) is 10.6. The molecule has 0 aromatic heterocycles. The second-order valence-electron chi connectivity index (χ2n) is 3.61. The Kier molecular flexibility index (Phi) is 3.92. The van der Waals surface area contributed by atoms with Crippen LogP contribution in [-0.2, 0) is 6.54 Å². The lowest BCUT2D eigenvalue weighted by Crippen LogP contribution is -2.21. The van der Waals surface area contributed by atoms with Crippen LogP contribution in [-0.4, -0.2) is 7.11 Å². The van der Waals surface area contributed by atoms with Crippen molar-refractivity contribution in [3.63, 3.8) is 0 Å². The van der Waals surface area contributed by atoms with Gasteiger partial charge in [0.1, 0.15) is 5.75 Å². The van der Waals surface area contributed by atoms with Crippen LogP contribution in [0.2, 0.25) is 0 Å². The number of benzene rings is 1. The third-order valence-corrected chi connectivity index (χ3v) is 2.26.